The molecular formula is C28H37N9O3. The standard InChI is InChI=1S/C28H37N9O3/c1-36(11-20-23(38)24(39)27(40-20)37-14-33-22-25(30)31-13-32-26(22)37)17-8-15(9-17)2-5-21-34-18-4-3-16(10-19(18)35-21)28(12-29)6-7-28/h3-4,10,13,15,17,20-21,23-24,27,33-35,38-39H,2,5-9,11,14H2,1H3,(H2,30,31,32)/t15?,17?,20-,21?,23-,24-,27-/m1/s1. The van der Waals surface area contributed by atoms with E-state index in [1.165, 1.54) is 6.33 Å². The summed E-state index contributed by atoms with van der Waals surface area (Å²) in [5.41, 5.74) is 9.65. The van der Waals surface area contributed by atoms with Gasteiger partial charge in [-0.15, -0.1) is 0 Å². The van der Waals surface area contributed by atoms with E-state index in [-0.39, 0.29) is 11.6 Å². The van der Waals surface area contributed by atoms with E-state index in [1.54, 1.807) is 4.90 Å². The smallest absolute Gasteiger partial charge is 0.162 e. The van der Waals surface area contributed by atoms with Gasteiger partial charge in [0.25, 0.3) is 0 Å². The first-order valence-electron chi connectivity index (χ1n) is 14.3. The number of aliphatic hydroxyl groups is 2. The Morgan fingerprint density at radius 3 is 2.75 bits per heavy atom. The van der Waals surface area contributed by atoms with Gasteiger partial charge in [0.2, 0.25) is 0 Å². The summed E-state index contributed by atoms with van der Waals surface area (Å²) >= 11 is 0. The zero-order chi connectivity index (χ0) is 27.6. The molecule has 0 bridgehead atoms. The van der Waals surface area contributed by atoms with Gasteiger partial charge in [0.1, 0.15) is 30.3 Å². The first-order valence-corrected chi connectivity index (χ1v) is 14.3. The fourth-order valence-corrected chi connectivity index (χ4v) is 6.73. The molecule has 2 aromatic rings. The highest BCUT2D eigenvalue weighted by atomic mass is 16.6. The lowest BCUT2D eigenvalue weighted by atomic mass is 9.76. The van der Waals surface area contributed by atoms with Crippen LogP contribution in [0, 0.1) is 17.2 Å². The predicted molar refractivity (Wildman–Crippen MR) is 150 cm³/mol. The van der Waals surface area contributed by atoms with Gasteiger partial charge in [-0.2, -0.15) is 5.26 Å². The van der Waals surface area contributed by atoms with Crippen LogP contribution in [0.2, 0.25) is 0 Å². The van der Waals surface area contributed by atoms with E-state index in [1.807, 2.05) is 0 Å². The molecule has 7 rings (SSSR count). The summed E-state index contributed by atoms with van der Waals surface area (Å²) in [7, 11) is 2.07. The van der Waals surface area contributed by atoms with Crippen molar-refractivity contribution in [3.8, 4) is 6.07 Å². The summed E-state index contributed by atoms with van der Waals surface area (Å²) in [5, 5.41) is 41.4. The molecule has 1 aromatic carbocycles. The summed E-state index contributed by atoms with van der Waals surface area (Å²) in [6.45, 7) is 0.914. The van der Waals surface area contributed by atoms with E-state index in [9.17, 15) is 15.5 Å². The number of aliphatic hydroxyl groups excluding tert-OH is 2. The van der Waals surface area contributed by atoms with Crippen LogP contribution in [0.1, 0.15) is 44.1 Å². The third kappa shape index (κ3) is 4.28. The van der Waals surface area contributed by atoms with E-state index in [0.717, 1.165) is 55.5 Å². The number of rotatable bonds is 8. The van der Waals surface area contributed by atoms with Crippen LogP contribution in [-0.4, -0.2) is 82.1 Å². The van der Waals surface area contributed by atoms with Crippen LogP contribution in [0.5, 0.6) is 0 Å². The van der Waals surface area contributed by atoms with Gasteiger partial charge in [0.05, 0.1) is 35.7 Å². The minimum Gasteiger partial charge on any atom is -0.387 e. The van der Waals surface area contributed by atoms with Crippen molar-refractivity contribution in [2.75, 3.05) is 46.8 Å². The zero-order valence-corrected chi connectivity index (χ0v) is 22.6. The maximum atomic E-state index is 10.8. The molecule has 0 amide bonds. The molecule has 12 heteroatoms. The molecule has 212 valence electrons. The molecule has 2 saturated carbocycles. The molecule has 2 aliphatic carbocycles. The molecule has 7 N–H and O–H groups in total. The van der Waals surface area contributed by atoms with Crippen LogP contribution in [0.3, 0.4) is 0 Å². The number of nitrogens with zero attached hydrogens (tertiary/aromatic N) is 5. The number of nitrogens with one attached hydrogen (secondary N) is 3. The molecule has 0 radical (unpaired) electrons. The van der Waals surface area contributed by atoms with Crippen molar-refractivity contribution in [2.45, 2.75) is 80.7 Å². The summed E-state index contributed by atoms with van der Waals surface area (Å²) in [5.74, 6) is 1.58. The highest BCUT2D eigenvalue weighted by molar-refractivity contribution is 5.80. The average Bonchev–Trinajstić information content (AvgIpc) is 3.30. The van der Waals surface area contributed by atoms with Gasteiger partial charge in [-0.3, -0.25) is 0 Å². The van der Waals surface area contributed by atoms with E-state index in [0.29, 0.717) is 42.5 Å². The van der Waals surface area contributed by atoms with E-state index in [2.05, 4.69) is 62.1 Å². The van der Waals surface area contributed by atoms with Crippen molar-refractivity contribution in [3.63, 3.8) is 0 Å². The number of likely N-dealkylation sites (N-methyl/N-ethyl adjacent to an activating group) is 1. The minimum atomic E-state index is -1.06. The third-order valence-corrected chi connectivity index (χ3v) is 9.56. The number of benzene rings is 1. The molecule has 3 aliphatic heterocycles. The van der Waals surface area contributed by atoms with Gasteiger partial charge in [-0.05, 0) is 69.2 Å². The lowest BCUT2D eigenvalue weighted by molar-refractivity contribution is -0.0259. The van der Waals surface area contributed by atoms with Crippen molar-refractivity contribution < 1.29 is 14.9 Å². The summed E-state index contributed by atoms with van der Waals surface area (Å²) < 4.78 is 6.18. The van der Waals surface area contributed by atoms with Gasteiger partial charge in [0, 0.05) is 12.6 Å². The van der Waals surface area contributed by atoms with Gasteiger partial charge in [-0.25, -0.2) is 9.97 Å². The Balaban J connectivity index is 0.872. The third-order valence-electron chi connectivity index (χ3n) is 9.56. The summed E-state index contributed by atoms with van der Waals surface area (Å²) in [4.78, 5) is 12.3. The average molecular weight is 548 g/mol. The molecular weight excluding hydrogens is 510 g/mol. The number of anilines is 5. The van der Waals surface area contributed by atoms with Crippen molar-refractivity contribution in [3.05, 3.63) is 30.1 Å². The number of hydrogen-bond acceptors (Lipinski definition) is 12. The summed E-state index contributed by atoms with van der Waals surface area (Å²) in [6, 6.07) is 9.27. The number of nitriles is 1. The second kappa shape index (κ2) is 9.62. The van der Waals surface area contributed by atoms with Crippen molar-refractivity contribution in [1.82, 2.24) is 14.9 Å². The molecule has 40 heavy (non-hydrogen) atoms. The molecule has 5 aliphatic rings. The zero-order valence-electron chi connectivity index (χ0n) is 22.6. The lowest BCUT2D eigenvalue weighted by Gasteiger charge is -2.42. The van der Waals surface area contributed by atoms with Crippen LogP contribution in [-0.2, 0) is 10.2 Å². The van der Waals surface area contributed by atoms with Gasteiger partial charge in [-0.1, -0.05) is 6.07 Å². The van der Waals surface area contributed by atoms with Crippen molar-refractivity contribution in [1.29, 1.82) is 5.26 Å². The van der Waals surface area contributed by atoms with Crippen LogP contribution in [0.15, 0.2) is 24.5 Å². The minimum absolute atomic E-state index is 0.213. The van der Waals surface area contributed by atoms with Gasteiger partial charge in [0.15, 0.2) is 17.9 Å². The number of ether oxygens (including phenoxy) is 1. The number of fused-ring (bicyclic) bond motifs is 2. The van der Waals surface area contributed by atoms with Crippen LogP contribution in [0.25, 0.3) is 0 Å². The maximum absolute atomic E-state index is 10.8. The van der Waals surface area contributed by atoms with Crippen molar-refractivity contribution >= 4 is 28.7 Å². The Morgan fingerprint density at radius 2 is 1.98 bits per heavy atom. The highest BCUT2D eigenvalue weighted by Crippen LogP contribution is 2.49. The second-order valence-electron chi connectivity index (χ2n) is 12.1. The lowest BCUT2D eigenvalue weighted by Crippen LogP contribution is -2.48. The molecule has 4 heterocycles. The molecule has 3 fully saturated rings. The summed E-state index contributed by atoms with van der Waals surface area (Å²) in [6.07, 6.45) is 4.64. The molecule has 1 aromatic heterocycles. The Labute approximate surface area is 233 Å². The van der Waals surface area contributed by atoms with Gasteiger partial charge >= 0.3 is 0 Å². The number of nitrogen functional groups attached to an aromatic ring is 1. The Bertz CT molecular complexity index is 1320. The fraction of sp³-hybridized carbons (Fsp3) is 0.607. The second-order valence-corrected chi connectivity index (χ2v) is 12.1. The van der Waals surface area contributed by atoms with Crippen LogP contribution in [0.4, 0.5) is 28.7 Å². The Kier molecular flexibility index (Phi) is 6.16. The molecule has 12 nitrogen and oxygen atoms in total. The highest BCUT2D eigenvalue weighted by Gasteiger charge is 2.49. The van der Waals surface area contributed by atoms with Gasteiger partial charge < -0.3 is 46.4 Å². The number of aromatic nitrogens is 2. The van der Waals surface area contributed by atoms with Crippen molar-refractivity contribution in [2.24, 2.45) is 5.92 Å². The maximum Gasteiger partial charge on any atom is 0.162 e. The Hall–Kier alpha value is -3.37. The Morgan fingerprint density at radius 1 is 1.18 bits per heavy atom. The largest absolute Gasteiger partial charge is 0.387 e. The SMILES string of the molecule is CN(C[C@H]1O[C@@H](N2CNc3c(N)ncnc32)[C@H](O)[C@@H]1O)C1CC(CCC2Nc3ccc(C4(C#N)CC4)cc3N2)C1. The monoisotopic (exact) mass is 547 g/mol. The topological polar surface area (TPSA) is 168 Å². The van der Waals surface area contributed by atoms with Crippen LogP contribution >= 0.6 is 0 Å². The predicted octanol–water partition coefficient (Wildman–Crippen LogP) is 1.60. The first-order chi connectivity index (χ1) is 19.3. The molecule has 1 saturated heterocycles. The fourth-order valence-electron chi connectivity index (χ4n) is 6.73. The quantitative estimate of drug-likeness (QED) is 0.283. The molecule has 5 atom stereocenters. The number of nitrogens with two attached hydrogens (primary N) is 1. The first kappa shape index (κ1) is 25.6. The van der Waals surface area contributed by atoms with E-state index < -0.39 is 24.5 Å². The molecule has 1 unspecified atom stereocenters. The molecule has 0 spiro atoms. The van der Waals surface area contributed by atoms with E-state index in [4.69, 9.17) is 10.5 Å². The van der Waals surface area contributed by atoms with E-state index >= 15 is 0 Å². The number of hydrogen-bond donors (Lipinski definition) is 6. The van der Waals surface area contributed by atoms with Crippen LogP contribution < -0.4 is 26.6 Å². The normalized spacial score (nSPS) is 32.9.